The summed E-state index contributed by atoms with van der Waals surface area (Å²) < 4.78 is 11.5. The van der Waals surface area contributed by atoms with E-state index in [-0.39, 0.29) is 11.8 Å². The lowest BCUT2D eigenvalue weighted by Gasteiger charge is -2.31. The van der Waals surface area contributed by atoms with Gasteiger partial charge in [-0.05, 0) is 42.2 Å². The zero-order valence-corrected chi connectivity index (χ0v) is 15.2. The van der Waals surface area contributed by atoms with E-state index in [0.717, 1.165) is 60.7 Å². The first kappa shape index (κ1) is 16.4. The largest absolute Gasteiger partial charge is 0.493 e. The Morgan fingerprint density at radius 1 is 1.22 bits per heavy atom. The summed E-state index contributed by atoms with van der Waals surface area (Å²) in [6, 6.07) is 13.9. The first-order valence-electron chi connectivity index (χ1n) is 9.64. The minimum atomic E-state index is 0.170. The van der Waals surface area contributed by atoms with Gasteiger partial charge in [-0.1, -0.05) is 24.3 Å². The van der Waals surface area contributed by atoms with Crippen LogP contribution >= 0.6 is 0 Å². The van der Waals surface area contributed by atoms with Crippen molar-refractivity contribution in [2.24, 2.45) is 0 Å². The molecule has 138 valence electrons. The van der Waals surface area contributed by atoms with Crippen LogP contribution in [-0.4, -0.2) is 35.5 Å². The van der Waals surface area contributed by atoms with Crippen molar-refractivity contribution >= 4 is 17.0 Å². The molecule has 5 nitrogen and oxygen atoms in total. The molecule has 0 spiro atoms. The molecule has 3 heterocycles. The lowest BCUT2D eigenvalue weighted by atomic mass is 9.97. The number of amides is 1. The second-order valence-corrected chi connectivity index (χ2v) is 7.42. The molecule has 0 saturated carbocycles. The summed E-state index contributed by atoms with van der Waals surface area (Å²) in [7, 11) is 0. The van der Waals surface area contributed by atoms with Gasteiger partial charge in [-0.3, -0.25) is 4.79 Å². The number of para-hydroxylation sites is 2. The average molecular weight is 362 g/mol. The molecule has 1 amide bonds. The number of oxazole rings is 1. The number of hydrogen-bond donors (Lipinski definition) is 0. The summed E-state index contributed by atoms with van der Waals surface area (Å²) in [6.07, 6.45) is 3.36. The van der Waals surface area contributed by atoms with Gasteiger partial charge >= 0.3 is 0 Å². The van der Waals surface area contributed by atoms with E-state index in [2.05, 4.69) is 11.1 Å². The van der Waals surface area contributed by atoms with E-state index in [0.29, 0.717) is 13.0 Å². The number of piperidine rings is 1. The monoisotopic (exact) mass is 362 g/mol. The summed E-state index contributed by atoms with van der Waals surface area (Å²) in [4.78, 5) is 19.5. The molecule has 0 bridgehead atoms. The summed E-state index contributed by atoms with van der Waals surface area (Å²) in [5.74, 6) is 2.06. The number of fused-ring (bicyclic) bond motifs is 2. The molecular formula is C22H22N2O3. The normalized spacial score (nSPS) is 19.1. The van der Waals surface area contributed by atoms with Crippen molar-refractivity contribution < 1.29 is 13.9 Å². The van der Waals surface area contributed by atoms with E-state index in [9.17, 15) is 4.79 Å². The molecule has 0 radical (unpaired) electrons. The highest BCUT2D eigenvalue weighted by Gasteiger charge is 2.28. The van der Waals surface area contributed by atoms with E-state index >= 15 is 0 Å². The molecule has 27 heavy (non-hydrogen) atoms. The Morgan fingerprint density at radius 2 is 2.15 bits per heavy atom. The molecular weight excluding hydrogens is 340 g/mol. The molecule has 5 heteroatoms. The number of rotatable bonds is 3. The highest BCUT2D eigenvalue weighted by molar-refractivity contribution is 5.79. The van der Waals surface area contributed by atoms with Gasteiger partial charge in [-0.25, -0.2) is 4.98 Å². The summed E-state index contributed by atoms with van der Waals surface area (Å²) in [5, 5.41) is 0. The Hall–Kier alpha value is -2.82. The molecule has 0 aliphatic carbocycles. The molecule has 1 unspecified atom stereocenters. The Balaban J connectivity index is 1.29. The van der Waals surface area contributed by atoms with Gasteiger partial charge in [-0.15, -0.1) is 0 Å². The van der Waals surface area contributed by atoms with E-state index < -0.39 is 0 Å². The maximum Gasteiger partial charge on any atom is 0.227 e. The molecule has 2 aliphatic rings. The quantitative estimate of drug-likeness (QED) is 0.713. The van der Waals surface area contributed by atoms with Crippen LogP contribution in [0.15, 0.2) is 46.9 Å². The highest BCUT2D eigenvalue weighted by atomic mass is 16.5. The van der Waals surface area contributed by atoms with Crippen LogP contribution < -0.4 is 4.74 Å². The first-order chi connectivity index (χ1) is 13.3. The van der Waals surface area contributed by atoms with Gasteiger partial charge in [0.25, 0.3) is 0 Å². The Morgan fingerprint density at radius 3 is 3.07 bits per heavy atom. The van der Waals surface area contributed by atoms with Crippen molar-refractivity contribution in [1.82, 2.24) is 9.88 Å². The van der Waals surface area contributed by atoms with Gasteiger partial charge in [0.15, 0.2) is 11.5 Å². The van der Waals surface area contributed by atoms with Gasteiger partial charge in [0, 0.05) is 19.5 Å². The molecule has 3 aromatic rings. The van der Waals surface area contributed by atoms with E-state index in [1.165, 1.54) is 5.56 Å². The van der Waals surface area contributed by atoms with Gasteiger partial charge in [0.2, 0.25) is 5.91 Å². The third kappa shape index (κ3) is 3.18. The van der Waals surface area contributed by atoms with Crippen molar-refractivity contribution in [3.63, 3.8) is 0 Å². The second kappa shape index (κ2) is 6.72. The van der Waals surface area contributed by atoms with Crippen molar-refractivity contribution in [1.29, 1.82) is 0 Å². The van der Waals surface area contributed by atoms with Gasteiger partial charge in [0.1, 0.15) is 11.3 Å². The third-order valence-corrected chi connectivity index (χ3v) is 5.54. The minimum Gasteiger partial charge on any atom is -0.493 e. The van der Waals surface area contributed by atoms with E-state index in [4.69, 9.17) is 9.15 Å². The highest BCUT2D eigenvalue weighted by Crippen LogP contribution is 2.30. The fourth-order valence-corrected chi connectivity index (χ4v) is 4.11. The van der Waals surface area contributed by atoms with Crippen LogP contribution in [0.4, 0.5) is 0 Å². The maximum absolute atomic E-state index is 12.9. The van der Waals surface area contributed by atoms with Gasteiger partial charge in [0.05, 0.1) is 18.9 Å². The van der Waals surface area contributed by atoms with Gasteiger partial charge in [-0.2, -0.15) is 0 Å². The lowest BCUT2D eigenvalue weighted by Crippen LogP contribution is -2.40. The van der Waals surface area contributed by atoms with Crippen LogP contribution in [0.5, 0.6) is 5.75 Å². The number of nitrogens with zero attached hydrogens (tertiary/aromatic N) is 2. The van der Waals surface area contributed by atoms with Crippen LogP contribution in [0.2, 0.25) is 0 Å². The molecule has 1 aromatic heterocycles. The van der Waals surface area contributed by atoms with Crippen molar-refractivity contribution in [3.8, 4) is 5.75 Å². The number of hydrogen-bond acceptors (Lipinski definition) is 4. The smallest absolute Gasteiger partial charge is 0.227 e. The van der Waals surface area contributed by atoms with Crippen LogP contribution in [0.25, 0.3) is 11.1 Å². The summed E-state index contributed by atoms with van der Waals surface area (Å²) >= 11 is 0. The topological polar surface area (TPSA) is 55.6 Å². The molecule has 0 N–H and O–H groups in total. The maximum atomic E-state index is 12.9. The molecule has 1 fully saturated rings. The Labute approximate surface area is 157 Å². The second-order valence-electron chi connectivity index (χ2n) is 7.42. The number of likely N-dealkylation sites (tertiary alicyclic amines) is 1. The van der Waals surface area contributed by atoms with E-state index in [1.54, 1.807) is 0 Å². The van der Waals surface area contributed by atoms with Crippen LogP contribution in [-0.2, 0) is 17.6 Å². The fraction of sp³-hybridized carbons (Fsp3) is 0.364. The lowest BCUT2D eigenvalue weighted by molar-refractivity contribution is -0.131. The predicted octanol–water partition coefficient (Wildman–Crippen LogP) is 3.71. The molecule has 5 rings (SSSR count). The van der Waals surface area contributed by atoms with Crippen molar-refractivity contribution in [2.45, 2.75) is 31.6 Å². The van der Waals surface area contributed by atoms with Crippen molar-refractivity contribution in [2.75, 3.05) is 19.7 Å². The summed E-state index contributed by atoms with van der Waals surface area (Å²) in [6.45, 7) is 2.23. The van der Waals surface area contributed by atoms with Crippen LogP contribution in [0.3, 0.4) is 0 Å². The SMILES string of the molecule is O=C(Cc1ccc2c(c1)CCO2)N1CCCC(c2nc3ccccc3o2)C1. The standard InChI is InChI=1S/C22H22N2O3/c25-21(13-15-7-8-19-16(12-15)9-11-26-19)24-10-3-4-17(14-24)22-23-18-5-1-2-6-20(18)27-22/h1-2,5-8,12,17H,3-4,9-11,13-14H2. The third-order valence-electron chi connectivity index (χ3n) is 5.54. The molecule has 2 aliphatic heterocycles. The van der Waals surface area contributed by atoms with Gasteiger partial charge < -0.3 is 14.1 Å². The molecule has 1 saturated heterocycles. The first-order valence-corrected chi connectivity index (χ1v) is 9.64. The zero-order valence-electron chi connectivity index (χ0n) is 15.2. The fourth-order valence-electron chi connectivity index (χ4n) is 4.11. The number of ether oxygens (including phenoxy) is 1. The zero-order chi connectivity index (χ0) is 18.2. The van der Waals surface area contributed by atoms with Crippen molar-refractivity contribution in [3.05, 3.63) is 59.5 Å². The van der Waals surface area contributed by atoms with Crippen LogP contribution in [0, 0.1) is 0 Å². The Bertz CT molecular complexity index is 961. The Kier molecular flexibility index (Phi) is 4.07. The van der Waals surface area contributed by atoms with E-state index in [1.807, 2.05) is 41.3 Å². The molecule has 1 atom stereocenters. The molecule has 2 aromatic carbocycles. The average Bonchev–Trinajstić information content (AvgIpc) is 3.34. The number of carbonyl (C=O) groups is 1. The number of aromatic nitrogens is 1. The minimum absolute atomic E-state index is 0.170. The predicted molar refractivity (Wildman–Crippen MR) is 102 cm³/mol. The number of carbonyl (C=O) groups excluding carboxylic acids is 1. The number of benzene rings is 2. The summed E-state index contributed by atoms with van der Waals surface area (Å²) in [5.41, 5.74) is 3.98. The van der Waals surface area contributed by atoms with Crippen LogP contribution in [0.1, 0.15) is 35.8 Å².